The molecular formula is C27H30Cl2N2O4S. The minimum absolute atomic E-state index is 0.0701. The zero-order chi connectivity index (χ0) is 26.1. The van der Waals surface area contributed by atoms with E-state index in [0.29, 0.717) is 19.6 Å². The molecule has 3 aromatic rings. The van der Waals surface area contributed by atoms with Gasteiger partial charge in [0.15, 0.2) is 0 Å². The van der Waals surface area contributed by atoms with Crippen molar-refractivity contribution in [3.8, 4) is 5.75 Å². The molecule has 9 heteroatoms. The number of nitrogens with one attached hydrogen (secondary N) is 1. The van der Waals surface area contributed by atoms with Crippen LogP contribution in [0.4, 0.5) is 5.69 Å². The molecule has 0 aliphatic heterocycles. The first-order chi connectivity index (χ1) is 17.2. The molecule has 0 saturated heterocycles. The molecule has 0 fully saturated rings. The Kier molecular flexibility index (Phi) is 10.0. The average Bonchev–Trinajstić information content (AvgIpc) is 2.84. The maximum Gasteiger partial charge on any atom is 0.264 e. The van der Waals surface area contributed by atoms with Crippen LogP contribution in [-0.2, 0) is 21.2 Å². The smallest absolute Gasteiger partial charge is 0.264 e. The lowest BCUT2D eigenvalue weighted by molar-refractivity contribution is -0.119. The number of hydrogen-bond donors (Lipinski definition) is 1. The summed E-state index contributed by atoms with van der Waals surface area (Å²) in [5.74, 6) is 0.413. The van der Waals surface area contributed by atoms with Gasteiger partial charge < -0.3 is 10.1 Å². The molecule has 0 saturated carbocycles. The molecule has 0 aliphatic rings. The van der Waals surface area contributed by atoms with E-state index >= 15 is 0 Å². The van der Waals surface area contributed by atoms with Gasteiger partial charge in [-0.25, -0.2) is 8.42 Å². The first-order valence-electron chi connectivity index (χ1n) is 11.7. The average molecular weight is 550 g/mol. The lowest BCUT2D eigenvalue weighted by atomic mass is 10.1. The highest BCUT2D eigenvalue weighted by molar-refractivity contribution is 7.92. The van der Waals surface area contributed by atoms with Crippen molar-refractivity contribution in [2.75, 3.05) is 24.0 Å². The number of rotatable bonds is 12. The number of carbonyl (C=O) groups excluding carboxylic acids is 1. The van der Waals surface area contributed by atoms with Gasteiger partial charge >= 0.3 is 0 Å². The number of anilines is 1. The molecule has 36 heavy (non-hydrogen) atoms. The third kappa shape index (κ3) is 7.63. The third-order valence-electron chi connectivity index (χ3n) is 5.41. The van der Waals surface area contributed by atoms with Crippen molar-refractivity contribution in [3.05, 3.63) is 87.9 Å². The van der Waals surface area contributed by atoms with E-state index in [1.807, 2.05) is 31.2 Å². The maximum atomic E-state index is 13.5. The maximum absolute atomic E-state index is 13.5. The van der Waals surface area contributed by atoms with Crippen molar-refractivity contribution in [2.45, 2.75) is 38.0 Å². The summed E-state index contributed by atoms with van der Waals surface area (Å²) in [5, 5.41) is 3.36. The second kappa shape index (κ2) is 13.0. The van der Waals surface area contributed by atoms with Crippen LogP contribution in [0.1, 0.15) is 30.9 Å². The number of para-hydroxylation sites is 1. The van der Waals surface area contributed by atoms with Crippen LogP contribution in [0.15, 0.2) is 71.6 Å². The number of aryl methyl sites for hydroxylation is 2. The molecule has 0 atom stereocenters. The van der Waals surface area contributed by atoms with Crippen LogP contribution < -0.4 is 14.4 Å². The van der Waals surface area contributed by atoms with Crippen molar-refractivity contribution >= 4 is 44.8 Å². The summed E-state index contributed by atoms with van der Waals surface area (Å²) in [6.45, 7) is 4.54. The Morgan fingerprint density at radius 1 is 1.00 bits per heavy atom. The predicted octanol–water partition coefficient (Wildman–Crippen LogP) is 6.03. The SMILES string of the molecule is CCCOc1ccccc1CCCNC(=O)CN(c1cc(Cl)cc(Cl)c1)S(=O)(=O)c1ccc(C)cc1. The van der Waals surface area contributed by atoms with Gasteiger partial charge in [-0.3, -0.25) is 9.10 Å². The molecule has 6 nitrogen and oxygen atoms in total. The molecule has 0 bridgehead atoms. The van der Waals surface area contributed by atoms with Crippen LogP contribution in [0.2, 0.25) is 10.0 Å². The minimum Gasteiger partial charge on any atom is -0.493 e. The van der Waals surface area contributed by atoms with E-state index in [4.69, 9.17) is 27.9 Å². The number of carbonyl (C=O) groups is 1. The zero-order valence-corrected chi connectivity index (χ0v) is 22.7. The number of benzene rings is 3. The van der Waals surface area contributed by atoms with Crippen LogP contribution in [0.3, 0.4) is 0 Å². The monoisotopic (exact) mass is 548 g/mol. The number of halogens is 2. The van der Waals surface area contributed by atoms with Crippen molar-refractivity contribution in [1.82, 2.24) is 5.32 Å². The van der Waals surface area contributed by atoms with E-state index in [9.17, 15) is 13.2 Å². The van der Waals surface area contributed by atoms with E-state index < -0.39 is 22.5 Å². The van der Waals surface area contributed by atoms with Crippen LogP contribution in [0.5, 0.6) is 5.75 Å². The number of ether oxygens (including phenoxy) is 1. The summed E-state index contributed by atoms with van der Waals surface area (Å²) in [7, 11) is -4.05. The number of sulfonamides is 1. The second-order valence-corrected chi connectivity index (χ2v) is 11.1. The van der Waals surface area contributed by atoms with Gasteiger partial charge in [0, 0.05) is 16.6 Å². The highest BCUT2D eigenvalue weighted by Crippen LogP contribution is 2.29. The molecule has 0 aromatic heterocycles. The van der Waals surface area contributed by atoms with Crippen molar-refractivity contribution in [1.29, 1.82) is 0 Å². The predicted molar refractivity (Wildman–Crippen MR) is 146 cm³/mol. The van der Waals surface area contributed by atoms with E-state index in [1.54, 1.807) is 12.1 Å². The van der Waals surface area contributed by atoms with E-state index in [2.05, 4.69) is 12.2 Å². The fourth-order valence-electron chi connectivity index (χ4n) is 3.59. The number of hydrogen-bond acceptors (Lipinski definition) is 4. The lowest BCUT2D eigenvalue weighted by Gasteiger charge is -2.24. The Bertz CT molecular complexity index is 1260. The van der Waals surface area contributed by atoms with E-state index in [-0.39, 0.29) is 20.6 Å². The van der Waals surface area contributed by atoms with Crippen LogP contribution in [0.25, 0.3) is 0 Å². The zero-order valence-electron chi connectivity index (χ0n) is 20.3. The summed E-state index contributed by atoms with van der Waals surface area (Å²) < 4.78 is 33.8. The molecule has 0 radical (unpaired) electrons. The number of amides is 1. The summed E-state index contributed by atoms with van der Waals surface area (Å²) in [4.78, 5) is 12.9. The largest absolute Gasteiger partial charge is 0.493 e. The van der Waals surface area contributed by atoms with Crippen LogP contribution in [-0.4, -0.2) is 34.0 Å². The van der Waals surface area contributed by atoms with Crippen molar-refractivity contribution in [3.63, 3.8) is 0 Å². The Labute approximate surface area is 223 Å². The highest BCUT2D eigenvalue weighted by Gasteiger charge is 2.27. The van der Waals surface area contributed by atoms with E-state index in [1.165, 1.54) is 30.3 Å². The fraction of sp³-hybridized carbons (Fsp3) is 0.296. The Hall–Kier alpha value is -2.74. The van der Waals surface area contributed by atoms with Gasteiger partial charge in [0.25, 0.3) is 10.0 Å². The summed E-state index contributed by atoms with van der Waals surface area (Å²) in [6.07, 6.45) is 2.31. The molecular weight excluding hydrogens is 519 g/mol. The topological polar surface area (TPSA) is 75.7 Å². The third-order valence-corrected chi connectivity index (χ3v) is 7.64. The minimum atomic E-state index is -4.05. The molecule has 1 N–H and O–H groups in total. The molecule has 0 unspecified atom stereocenters. The molecule has 3 rings (SSSR count). The van der Waals surface area contributed by atoms with Crippen molar-refractivity contribution in [2.24, 2.45) is 0 Å². The highest BCUT2D eigenvalue weighted by atomic mass is 35.5. The Morgan fingerprint density at radius 2 is 1.67 bits per heavy atom. The van der Waals surface area contributed by atoms with Gasteiger partial charge in [0.05, 0.1) is 17.2 Å². The number of nitrogens with zero attached hydrogens (tertiary/aromatic N) is 1. The fourth-order valence-corrected chi connectivity index (χ4v) is 5.51. The summed E-state index contributed by atoms with van der Waals surface area (Å²) in [6, 6.07) is 18.7. The molecule has 0 spiro atoms. The molecule has 3 aromatic carbocycles. The van der Waals surface area contributed by atoms with Gasteiger partial charge in [-0.15, -0.1) is 0 Å². The van der Waals surface area contributed by atoms with Gasteiger partial charge in [0.1, 0.15) is 12.3 Å². The van der Waals surface area contributed by atoms with Crippen molar-refractivity contribution < 1.29 is 17.9 Å². The molecule has 0 aliphatic carbocycles. The van der Waals surface area contributed by atoms with Gasteiger partial charge in [0.2, 0.25) is 5.91 Å². The van der Waals surface area contributed by atoms with Gasteiger partial charge in [-0.1, -0.05) is 66.0 Å². The quantitative estimate of drug-likeness (QED) is 0.280. The molecule has 0 heterocycles. The lowest BCUT2D eigenvalue weighted by Crippen LogP contribution is -2.41. The standard InChI is InChI=1S/C27H30Cl2N2O4S/c1-3-15-35-26-9-5-4-7-21(26)8-6-14-30-27(32)19-31(24-17-22(28)16-23(29)18-24)36(33,34)25-12-10-20(2)11-13-25/h4-5,7,9-13,16-18H,3,6,8,14-15,19H2,1-2H3,(H,30,32). The Balaban J connectivity index is 1.71. The summed E-state index contributed by atoms with van der Waals surface area (Å²) >= 11 is 12.3. The van der Waals surface area contributed by atoms with Gasteiger partial charge in [-0.2, -0.15) is 0 Å². The second-order valence-electron chi connectivity index (χ2n) is 8.36. The van der Waals surface area contributed by atoms with E-state index in [0.717, 1.165) is 34.0 Å². The van der Waals surface area contributed by atoms with Crippen LogP contribution in [0, 0.1) is 6.92 Å². The van der Waals surface area contributed by atoms with Gasteiger partial charge in [-0.05, 0) is 68.1 Å². The summed E-state index contributed by atoms with van der Waals surface area (Å²) in [5.41, 5.74) is 2.20. The Morgan fingerprint density at radius 3 is 2.33 bits per heavy atom. The molecule has 192 valence electrons. The first kappa shape index (κ1) is 27.8. The van der Waals surface area contributed by atoms with Crippen LogP contribution >= 0.6 is 23.2 Å². The molecule has 1 amide bonds. The first-order valence-corrected chi connectivity index (χ1v) is 13.9. The normalized spacial score (nSPS) is 11.2.